The first-order valence-corrected chi connectivity index (χ1v) is 12.9. The lowest BCUT2D eigenvalue weighted by Gasteiger charge is -2.49. The smallest absolute Gasteiger partial charge is 0.352 e. The largest absolute Gasteiger partial charge is 0.478 e. The van der Waals surface area contributed by atoms with E-state index in [1.165, 1.54) is 43.2 Å². The second-order valence-electron chi connectivity index (χ2n) is 8.02. The number of aliphatic carboxylic acids is 2. The van der Waals surface area contributed by atoms with Crippen molar-refractivity contribution in [1.29, 1.82) is 0 Å². The van der Waals surface area contributed by atoms with Gasteiger partial charge in [-0.2, -0.15) is 9.36 Å². The average Bonchev–Trinajstić information content (AvgIpc) is 3.35. The van der Waals surface area contributed by atoms with Crippen molar-refractivity contribution in [3.05, 3.63) is 47.2 Å². The van der Waals surface area contributed by atoms with Crippen molar-refractivity contribution < 1.29 is 39.0 Å². The summed E-state index contributed by atoms with van der Waals surface area (Å²) in [6.45, 7) is 1.07. The molecule has 2 aliphatic heterocycles. The summed E-state index contributed by atoms with van der Waals surface area (Å²) in [6, 6.07) is 1.86. The maximum atomic E-state index is 13.0. The molecule has 2 aromatic heterocycles. The third-order valence-corrected chi connectivity index (χ3v) is 7.34. The molecule has 2 aliphatic rings. The lowest BCUT2D eigenvalue weighted by atomic mass is 10.0. The van der Waals surface area contributed by atoms with Gasteiger partial charge in [-0.25, -0.2) is 9.59 Å². The molecule has 39 heavy (non-hydrogen) atoms. The third-order valence-electron chi connectivity index (χ3n) is 5.46. The van der Waals surface area contributed by atoms with Crippen LogP contribution in [0.25, 0.3) is 0 Å². The summed E-state index contributed by atoms with van der Waals surface area (Å²) >= 11 is 1.94. The number of hydrogen-bond acceptors (Lipinski definition) is 13. The van der Waals surface area contributed by atoms with Crippen LogP contribution in [0, 0.1) is 0 Å². The van der Waals surface area contributed by atoms with Gasteiger partial charge in [0, 0.05) is 41.8 Å². The Kier molecular flexibility index (Phi) is 8.05. The number of nitrogens with zero attached hydrogens (tertiary/aromatic N) is 5. The van der Waals surface area contributed by atoms with Gasteiger partial charge in [-0.1, -0.05) is 5.16 Å². The predicted molar refractivity (Wildman–Crippen MR) is 135 cm³/mol. The summed E-state index contributed by atoms with van der Waals surface area (Å²) < 4.78 is 3.88. The molecule has 16 nitrogen and oxygen atoms in total. The molecule has 204 valence electrons. The number of nitrogens with two attached hydrogens (primary N) is 1. The van der Waals surface area contributed by atoms with Crippen LogP contribution in [0.1, 0.15) is 23.1 Å². The number of β-lactam (4-membered cyclic amide) rings is 1. The molecule has 0 bridgehead atoms. The fourth-order valence-electron chi connectivity index (χ4n) is 3.51. The van der Waals surface area contributed by atoms with Crippen LogP contribution in [0.3, 0.4) is 0 Å². The van der Waals surface area contributed by atoms with Gasteiger partial charge in [0.1, 0.15) is 17.1 Å². The number of nitrogen functional groups attached to an aromatic ring is 1. The van der Waals surface area contributed by atoms with Crippen LogP contribution in [-0.2, 0) is 24.0 Å². The van der Waals surface area contributed by atoms with Crippen molar-refractivity contribution in [2.75, 3.05) is 18.0 Å². The highest BCUT2D eigenvalue weighted by Crippen LogP contribution is 2.40. The zero-order chi connectivity index (χ0) is 28.3. The molecule has 1 saturated heterocycles. The van der Waals surface area contributed by atoms with Crippen molar-refractivity contribution >= 4 is 63.8 Å². The van der Waals surface area contributed by atoms with Gasteiger partial charge in [-0.3, -0.25) is 24.3 Å². The fourth-order valence-corrected chi connectivity index (χ4v) is 5.29. The monoisotopic (exact) mass is 576 g/mol. The van der Waals surface area contributed by atoms with Crippen LogP contribution >= 0.6 is 23.3 Å². The third kappa shape index (κ3) is 5.80. The van der Waals surface area contributed by atoms with E-state index < -0.39 is 52.9 Å². The molecule has 0 aromatic carbocycles. The molecule has 0 saturated carbocycles. The number of carbonyl (C=O) groups is 5. The van der Waals surface area contributed by atoms with E-state index in [0.717, 1.165) is 16.4 Å². The van der Waals surface area contributed by atoms with E-state index in [1.54, 1.807) is 0 Å². The molecule has 3 amide bonds. The van der Waals surface area contributed by atoms with Crippen LogP contribution < -0.4 is 16.4 Å². The van der Waals surface area contributed by atoms with Gasteiger partial charge >= 0.3 is 11.9 Å². The van der Waals surface area contributed by atoms with E-state index in [-0.39, 0.29) is 29.0 Å². The second kappa shape index (κ2) is 11.4. The van der Waals surface area contributed by atoms with Crippen molar-refractivity contribution in [3.63, 3.8) is 0 Å². The SMILES string of the molecule is CC(ON=C(C(=O)NC1C(=O)N2C(C(=O)O)=C(CNC(=O)c3ccncc3)CS[C@@H]12)c1nsc(N)n1)C(=O)O. The van der Waals surface area contributed by atoms with E-state index in [2.05, 4.69) is 30.1 Å². The van der Waals surface area contributed by atoms with Gasteiger partial charge in [0.05, 0.1) is 0 Å². The Balaban J connectivity index is 1.49. The first kappa shape index (κ1) is 27.5. The summed E-state index contributed by atoms with van der Waals surface area (Å²) in [6.07, 6.45) is 1.48. The number of carbonyl (C=O) groups excluding carboxylic acids is 3. The summed E-state index contributed by atoms with van der Waals surface area (Å²) in [5.74, 6) is -4.90. The number of aromatic nitrogens is 3. The minimum absolute atomic E-state index is 0.00491. The number of carboxylic acid groups (broad SMARTS) is 2. The minimum Gasteiger partial charge on any atom is -0.478 e. The first-order chi connectivity index (χ1) is 18.6. The number of rotatable bonds is 10. The van der Waals surface area contributed by atoms with E-state index >= 15 is 0 Å². The lowest BCUT2D eigenvalue weighted by Crippen LogP contribution is -2.71. The van der Waals surface area contributed by atoms with E-state index in [9.17, 15) is 29.1 Å². The number of fused-ring (bicyclic) bond motifs is 1. The quantitative estimate of drug-likeness (QED) is 0.128. The van der Waals surface area contributed by atoms with E-state index in [1.807, 2.05) is 0 Å². The van der Waals surface area contributed by atoms with Gasteiger partial charge in [0.2, 0.25) is 17.6 Å². The summed E-state index contributed by atoms with van der Waals surface area (Å²) in [5.41, 5.74) is 5.41. The summed E-state index contributed by atoms with van der Waals surface area (Å²) in [4.78, 5) is 75.0. The van der Waals surface area contributed by atoms with Crippen LogP contribution in [-0.4, -0.2) is 94.6 Å². The molecule has 3 atom stereocenters. The molecule has 1 fully saturated rings. The number of nitrogens with one attached hydrogen (secondary N) is 2. The predicted octanol–water partition coefficient (Wildman–Crippen LogP) is -1.12. The Hall–Kier alpha value is -4.58. The number of carboxylic acids is 2. The van der Waals surface area contributed by atoms with E-state index in [0.29, 0.717) is 11.1 Å². The van der Waals surface area contributed by atoms with Crippen LogP contribution in [0.2, 0.25) is 0 Å². The molecule has 2 aromatic rings. The summed E-state index contributed by atoms with van der Waals surface area (Å²) in [5, 5.41) is 26.7. The average molecular weight is 577 g/mol. The molecule has 0 aliphatic carbocycles. The van der Waals surface area contributed by atoms with Crippen LogP contribution in [0.15, 0.2) is 41.0 Å². The van der Waals surface area contributed by atoms with Crippen molar-refractivity contribution in [2.45, 2.75) is 24.4 Å². The number of amides is 3. The number of pyridine rings is 1. The number of thioether (sulfide) groups is 1. The Morgan fingerprint density at radius 1 is 1.28 bits per heavy atom. The Labute approximate surface area is 227 Å². The molecule has 6 N–H and O–H groups in total. The molecular formula is C21H20N8O8S2. The number of anilines is 1. The zero-order valence-corrected chi connectivity index (χ0v) is 21.6. The molecule has 18 heteroatoms. The highest BCUT2D eigenvalue weighted by atomic mass is 32.2. The molecule has 0 radical (unpaired) electrons. The Morgan fingerprint density at radius 3 is 2.62 bits per heavy atom. The molecule has 4 rings (SSSR count). The van der Waals surface area contributed by atoms with Gasteiger partial charge in [-0.15, -0.1) is 11.8 Å². The standard InChI is InChI=1S/C21H20N8O8S2/c1-8(19(33)34)37-27-11(14-26-21(22)39-28-14)16(31)25-12-17(32)29-13(20(35)36)10(7-38-18(12)29)6-24-15(30)9-2-4-23-5-3-9/h2-5,8,12,18H,6-7H2,1H3,(H,24,30)(H,25,31)(H,33,34)(H,35,36)(H2,22,26,28)/t8?,12?,18-/m0/s1. The maximum absolute atomic E-state index is 13.0. The van der Waals surface area contributed by atoms with Gasteiger partial charge in [-0.05, 0) is 24.6 Å². The van der Waals surface area contributed by atoms with Crippen LogP contribution in [0.4, 0.5) is 5.13 Å². The maximum Gasteiger partial charge on any atom is 0.352 e. The topological polar surface area (TPSA) is 239 Å². The Bertz CT molecular complexity index is 1400. The number of oxime groups is 1. The molecule has 2 unspecified atom stereocenters. The highest BCUT2D eigenvalue weighted by Gasteiger charge is 2.54. The molecule has 0 spiro atoms. The van der Waals surface area contributed by atoms with Crippen molar-refractivity contribution in [1.82, 2.24) is 29.9 Å². The van der Waals surface area contributed by atoms with Crippen LogP contribution in [0.5, 0.6) is 0 Å². The normalized spacial score (nSPS) is 19.5. The minimum atomic E-state index is -1.40. The number of hydrogen-bond donors (Lipinski definition) is 5. The van der Waals surface area contributed by atoms with Gasteiger partial charge in [0.25, 0.3) is 17.7 Å². The van der Waals surface area contributed by atoms with Gasteiger partial charge < -0.3 is 31.4 Å². The zero-order valence-electron chi connectivity index (χ0n) is 19.9. The van der Waals surface area contributed by atoms with E-state index in [4.69, 9.17) is 15.7 Å². The summed E-state index contributed by atoms with van der Waals surface area (Å²) in [7, 11) is 0. The Morgan fingerprint density at radius 2 is 2.00 bits per heavy atom. The fraction of sp³-hybridized carbons (Fsp3) is 0.286. The van der Waals surface area contributed by atoms with Crippen molar-refractivity contribution in [3.8, 4) is 0 Å². The van der Waals surface area contributed by atoms with Gasteiger partial charge in [0.15, 0.2) is 5.13 Å². The second-order valence-corrected chi connectivity index (χ2v) is 9.91. The first-order valence-electron chi connectivity index (χ1n) is 11.0. The molecule has 4 heterocycles. The van der Waals surface area contributed by atoms with Crippen molar-refractivity contribution in [2.24, 2.45) is 5.16 Å². The highest BCUT2D eigenvalue weighted by molar-refractivity contribution is 8.00. The lowest BCUT2D eigenvalue weighted by molar-refractivity contribution is -0.150. The molecular weight excluding hydrogens is 556 g/mol.